The van der Waals surface area contributed by atoms with Crippen LogP contribution in [-0.4, -0.2) is 21.0 Å². The average molecular weight is 337 g/mol. The van der Waals surface area contributed by atoms with Crippen LogP contribution < -0.4 is 10.5 Å². The average Bonchev–Trinajstić information content (AvgIpc) is 2.44. The maximum Gasteiger partial charge on any atom is 0.249 e. The van der Waals surface area contributed by atoms with Crippen molar-refractivity contribution in [1.29, 1.82) is 0 Å². The fourth-order valence-electron chi connectivity index (χ4n) is 1.70. The van der Waals surface area contributed by atoms with Crippen molar-refractivity contribution in [3.05, 3.63) is 45.8 Å². The summed E-state index contributed by atoms with van der Waals surface area (Å²) >= 11 is 3.49. The maximum absolute atomic E-state index is 8.74. The van der Waals surface area contributed by atoms with Gasteiger partial charge in [-0.25, -0.2) is 9.97 Å². The molecule has 2 aromatic rings. The number of amidine groups is 1. The highest BCUT2D eigenvalue weighted by atomic mass is 79.9. The van der Waals surface area contributed by atoms with E-state index in [4.69, 9.17) is 15.7 Å². The fourth-order valence-corrected chi connectivity index (χ4v) is 1.93. The summed E-state index contributed by atoms with van der Waals surface area (Å²) in [5.41, 5.74) is 7.80. The topological polar surface area (TPSA) is 93.6 Å². The van der Waals surface area contributed by atoms with E-state index in [0.29, 0.717) is 5.75 Å². The molecule has 6 nitrogen and oxygen atoms in total. The molecule has 1 aromatic carbocycles. The molecule has 0 unspecified atom stereocenters. The smallest absolute Gasteiger partial charge is 0.249 e. The van der Waals surface area contributed by atoms with Crippen molar-refractivity contribution in [3.8, 4) is 11.6 Å². The minimum Gasteiger partial charge on any atom is -0.437 e. The van der Waals surface area contributed by atoms with Crippen molar-refractivity contribution < 1.29 is 9.94 Å². The van der Waals surface area contributed by atoms with Crippen LogP contribution in [0.1, 0.15) is 16.8 Å². The van der Waals surface area contributed by atoms with E-state index in [9.17, 15) is 0 Å². The first-order valence-corrected chi connectivity index (χ1v) is 6.55. The zero-order valence-corrected chi connectivity index (χ0v) is 12.5. The number of hydrogen-bond acceptors (Lipinski definition) is 5. The first kappa shape index (κ1) is 14.3. The molecule has 0 saturated carbocycles. The largest absolute Gasteiger partial charge is 0.437 e. The summed E-state index contributed by atoms with van der Waals surface area (Å²) < 4.78 is 6.71. The predicted molar refractivity (Wildman–Crippen MR) is 78.2 cm³/mol. The molecule has 0 radical (unpaired) electrons. The number of oxime groups is 1. The Bertz CT molecular complexity index is 650. The van der Waals surface area contributed by atoms with Crippen LogP contribution >= 0.6 is 15.9 Å². The molecule has 0 spiro atoms. The number of aromatic nitrogens is 2. The second kappa shape index (κ2) is 5.87. The molecule has 1 heterocycles. The van der Waals surface area contributed by atoms with E-state index in [-0.39, 0.29) is 17.4 Å². The number of halogens is 1. The van der Waals surface area contributed by atoms with Crippen LogP contribution in [0.25, 0.3) is 0 Å². The normalized spacial score (nSPS) is 11.4. The molecule has 0 aliphatic heterocycles. The Morgan fingerprint density at radius 2 is 1.85 bits per heavy atom. The number of aryl methyl sites for hydroxylation is 2. The molecule has 20 heavy (non-hydrogen) atoms. The van der Waals surface area contributed by atoms with Gasteiger partial charge < -0.3 is 15.7 Å². The van der Waals surface area contributed by atoms with Crippen molar-refractivity contribution in [2.75, 3.05) is 0 Å². The summed E-state index contributed by atoms with van der Waals surface area (Å²) in [6.45, 7) is 3.93. The van der Waals surface area contributed by atoms with Gasteiger partial charge in [0.2, 0.25) is 5.88 Å². The Labute approximate surface area is 124 Å². The Morgan fingerprint density at radius 3 is 2.45 bits per heavy atom. The molecule has 0 aliphatic carbocycles. The molecule has 0 amide bonds. The van der Waals surface area contributed by atoms with Crippen LogP contribution in [0, 0.1) is 13.8 Å². The summed E-state index contributed by atoms with van der Waals surface area (Å²) in [4.78, 5) is 8.05. The third-order valence-corrected chi connectivity index (χ3v) is 3.89. The number of benzene rings is 1. The Kier molecular flexibility index (Phi) is 4.19. The third kappa shape index (κ3) is 2.88. The highest BCUT2D eigenvalue weighted by Crippen LogP contribution is 2.29. The van der Waals surface area contributed by atoms with E-state index in [1.54, 1.807) is 0 Å². The third-order valence-electron chi connectivity index (χ3n) is 2.64. The van der Waals surface area contributed by atoms with E-state index in [1.807, 2.05) is 26.0 Å². The van der Waals surface area contributed by atoms with Gasteiger partial charge in [0, 0.05) is 16.9 Å². The van der Waals surface area contributed by atoms with Crippen LogP contribution in [0.2, 0.25) is 0 Å². The van der Waals surface area contributed by atoms with Crippen LogP contribution in [-0.2, 0) is 0 Å². The van der Waals surface area contributed by atoms with Crippen molar-refractivity contribution in [3.63, 3.8) is 0 Å². The summed E-state index contributed by atoms with van der Waals surface area (Å²) in [6, 6.07) is 3.73. The van der Waals surface area contributed by atoms with E-state index < -0.39 is 0 Å². The minimum atomic E-state index is -0.154. The van der Waals surface area contributed by atoms with Crippen LogP contribution in [0.15, 0.2) is 34.2 Å². The SMILES string of the molecule is Cc1cc(Oc2nccnc2/C(N)=N/O)cc(C)c1Br. The Hall–Kier alpha value is -2.15. The molecule has 0 fully saturated rings. The van der Waals surface area contributed by atoms with E-state index in [0.717, 1.165) is 15.6 Å². The van der Waals surface area contributed by atoms with E-state index in [2.05, 4.69) is 31.1 Å². The molecule has 0 atom stereocenters. The van der Waals surface area contributed by atoms with Gasteiger partial charge >= 0.3 is 0 Å². The number of rotatable bonds is 3. The number of ether oxygens (including phenoxy) is 1. The number of hydrogen-bond donors (Lipinski definition) is 2. The molecule has 7 heteroatoms. The van der Waals surface area contributed by atoms with Crippen molar-refractivity contribution >= 4 is 21.8 Å². The van der Waals surface area contributed by atoms with Gasteiger partial charge in [0.25, 0.3) is 0 Å². The maximum atomic E-state index is 8.74. The summed E-state index contributed by atoms with van der Waals surface area (Å²) in [6.07, 6.45) is 2.92. The molecular weight excluding hydrogens is 324 g/mol. The second-order valence-corrected chi connectivity index (χ2v) is 4.96. The lowest BCUT2D eigenvalue weighted by Crippen LogP contribution is -2.16. The van der Waals surface area contributed by atoms with Gasteiger partial charge in [-0.3, -0.25) is 0 Å². The number of nitrogens with zero attached hydrogens (tertiary/aromatic N) is 3. The zero-order chi connectivity index (χ0) is 14.7. The zero-order valence-electron chi connectivity index (χ0n) is 11.0. The summed E-state index contributed by atoms with van der Waals surface area (Å²) in [5.74, 6) is 0.637. The summed E-state index contributed by atoms with van der Waals surface area (Å²) in [7, 11) is 0. The predicted octanol–water partition coefficient (Wildman–Crippen LogP) is 2.74. The fraction of sp³-hybridized carbons (Fsp3) is 0.154. The van der Waals surface area contributed by atoms with Gasteiger partial charge in [-0.1, -0.05) is 21.1 Å². The van der Waals surface area contributed by atoms with Crippen LogP contribution in [0.4, 0.5) is 0 Å². The van der Waals surface area contributed by atoms with Crippen LogP contribution in [0.3, 0.4) is 0 Å². The molecule has 1 aromatic heterocycles. The molecule has 0 bridgehead atoms. The lowest BCUT2D eigenvalue weighted by Gasteiger charge is -2.10. The van der Waals surface area contributed by atoms with Gasteiger partial charge in [-0.05, 0) is 37.1 Å². The molecular formula is C13H13BrN4O2. The highest BCUT2D eigenvalue weighted by Gasteiger charge is 2.13. The quantitative estimate of drug-likeness (QED) is 0.389. The minimum absolute atomic E-state index is 0.154. The molecule has 0 saturated heterocycles. The highest BCUT2D eigenvalue weighted by molar-refractivity contribution is 9.10. The van der Waals surface area contributed by atoms with Crippen molar-refractivity contribution in [1.82, 2.24) is 9.97 Å². The molecule has 3 N–H and O–H groups in total. The van der Waals surface area contributed by atoms with Crippen molar-refractivity contribution in [2.24, 2.45) is 10.9 Å². The van der Waals surface area contributed by atoms with Gasteiger partial charge in [-0.2, -0.15) is 0 Å². The molecule has 104 valence electrons. The van der Waals surface area contributed by atoms with Gasteiger partial charge in [-0.15, -0.1) is 0 Å². The first-order valence-electron chi connectivity index (χ1n) is 5.76. The molecule has 0 aliphatic rings. The Balaban J connectivity index is 2.41. The van der Waals surface area contributed by atoms with Crippen LogP contribution in [0.5, 0.6) is 11.6 Å². The van der Waals surface area contributed by atoms with E-state index >= 15 is 0 Å². The molecule has 2 rings (SSSR count). The van der Waals surface area contributed by atoms with Gasteiger partial charge in [0.1, 0.15) is 5.75 Å². The second-order valence-electron chi connectivity index (χ2n) is 4.17. The first-order chi connectivity index (χ1) is 9.52. The lowest BCUT2D eigenvalue weighted by atomic mass is 10.1. The standard InChI is InChI=1S/C13H13BrN4O2/c1-7-5-9(6-8(2)10(7)14)20-13-11(12(15)18-19)16-3-4-17-13/h3-6,19H,1-2H3,(H2,15,18). The number of nitrogens with two attached hydrogens (primary N) is 1. The monoisotopic (exact) mass is 336 g/mol. The Morgan fingerprint density at radius 1 is 1.25 bits per heavy atom. The van der Waals surface area contributed by atoms with Crippen molar-refractivity contribution in [2.45, 2.75) is 13.8 Å². The van der Waals surface area contributed by atoms with Gasteiger partial charge in [0.05, 0.1) is 0 Å². The summed E-state index contributed by atoms with van der Waals surface area (Å²) in [5, 5.41) is 11.7. The van der Waals surface area contributed by atoms with E-state index in [1.165, 1.54) is 12.4 Å². The van der Waals surface area contributed by atoms with Gasteiger partial charge in [0.15, 0.2) is 11.5 Å². The lowest BCUT2D eigenvalue weighted by molar-refractivity contribution is 0.318.